The van der Waals surface area contributed by atoms with Crippen LogP contribution in [0.4, 0.5) is 0 Å². The maximum atomic E-state index is 13.0. The molecule has 3 heterocycles. The quantitative estimate of drug-likeness (QED) is 0.797. The number of benzene rings is 1. The van der Waals surface area contributed by atoms with E-state index in [1.807, 2.05) is 21.9 Å². The Morgan fingerprint density at radius 3 is 2.38 bits per heavy atom. The molecule has 0 aliphatic carbocycles. The lowest BCUT2D eigenvalue weighted by atomic mass is 9.98. The average molecular weight is 376 g/mol. The van der Waals surface area contributed by atoms with Crippen LogP contribution in [0, 0.1) is 5.92 Å². The van der Waals surface area contributed by atoms with Gasteiger partial charge < -0.3 is 14.7 Å². The standard InChI is InChI=1S/C20H26ClN3O2/c1-13-18(8-9-22(13)2)20(26)23-11-16-6-7-17(12-23)24(16)19(25)14-4-3-5-15(21)10-14/h3-5,10,13,16-18H,6-9,11-12H2,1-2H3/t13-,16-,17+,18-/m1/s1. The fourth-order valence-corrected chi connectivity index (χ4v) is 5.03. The minimum Gasteiger partial charge on any atom is -0.338 e. The van der Waals surface area contributed by atoms with E-state index in [9.17, 15) is 9.59 Å². The number of likely N-dealkylation sites (tertiary alicyclic amines) is 2. The van der Waals surface area contributed by atoms with E-state index in [1.165, 1.54) is 0 Å². The molecule has 6 heteroatoms. The number of rotatable bonds is 2. The summed E-state index contributed by atoms with van der Waals surface area (Å²) in [6.07, 6.45) is 2.88. The zero-order valence-corrected chi connectivity index (χ0v) is 16.2. The molecule has 3 aliphatic heterocycles. The number of nitrogens with zero attached hydrogens (tertiary/aromatic N) is 3. The first-order chi connectivity index (χ1) is 12.5. The van der Waals surface area contributed by atoms with Crippen LogP contribution in [-0.4, -0.2) is 71.3 Å². The first-order valence-electron chi connectivity index (χ1n) is 9.53. The van der Waals surface area contributed by atoms with Crippen LogP contribution in [0.1, 0.15) is 36.5 Å². The van der Waals surface area contributed by atoms with Gasteiger partial charge in [-0.2, -0.15) is 0 Å². The summed E-state index contributed by atoms with van der Waals surface area (Å²) < 4.78 is 0. The number of carbonyl (C=O) groups is 2. The van der Waals surface area contributed by atoms with Crippen LogP contribution in [0.25, 0.3) is 0 Å². The Morgan fingerprint density at radius 1 is 1.12 bits per heavy atom. The van der Waals surface area contributed by atoms with Crippen LogP contribution in [-0.2, 0) is 4.79 Å². The van der Waals surface area contributed by atoms with Gasteiger partial charge in [-0.1, -0.05) is 17.7 Å². The number of piperazine rings is 1. The number of hydrogen-bond acceptors (Lipinski definition) is 3. The minimum absolute atomic E-state index is 0.0427. The SMILES string of the molecule is C[C@@H]1[C@H](C(=O)N2C[C@H]3CC[C@@H](C2)N3C(=O)c2cccc(Cl)c2)CCN1C. The van der Waals surface area contributed by atoms with Crippen LogP contribution in [0.5, 0.6) is 0 Å². The highest BCUT2D eigenvalue weighted by Crippen LogP contribution is 2.34. The molecular weight excluding hydrogens is 350 g/mol. The van der Waals surface area contributed by atoms with Crippen molar-refractivity contribution < 1.29 is 9.59 Å². The molecule has 3 saturated heterocycles. The normalized spacial score (nSPS) is 31.5. The largest absolute Gasteiger partial charge is 0.338 e. The van der Waals surface area contributed by atoms with Crippen LogP contribution < -0.4 is 0 Å². The number of fused-ring (bicyclic) bond motifs is 2. The minimum atomic E-state index is 0.0427. The third-order valence-corrected chi connectivity index (χ3v) is 6.72. The molecule has 0 aromatic heterocycles. The molecule has 1 aromatic carbocycles. The lowest BCUT2D eigenvalue weighted by molar-refractivity contribution is -0.139. The number of halogens is 1. The highest BCUT2D eigenvalue weighted by Gasteiger charge is 2.46. The van der Waals surface area contributed by atoms with Crippen LogP contribution in [0.2, 0.25) is 5.02 Å². The van der Waals surface area contributed by atoms with Gasteiger partial charge in [0, 0.05) is 29.7 Å². The zero-order chi connectivity index (χ0) is 18.4. The summed E-state index contributed by atoms with van der Waals surface area (Å²) >= 11 is 6.05. The van der Waals surface area contributed by atoms with E-state index in [0.717, 1.165) is 25.8 Å². The lowest BCUT2D eigenvalue weighted by Gasteiger charge is -2.42. The number of carbonyl (C=O) groups excluding carboxylic acids is 2. The van der Waals surface area contributed by atoms with Gasteiger partial charge in [-0.25, -0.2) is 0 Å². The van der Waals surface area contributed by atoms with E-state index in [0.29, 0.717) is 29.7 Å². The summed E-state index contributed by atoms with van der Waals surface area (Å²) in [5.41, 5.74) is 0.639. The molecule has 1 aromatic rings. The van der Waals surface area contributed by atoms with E-state index < -0.39 is 0 Å². The van der Waals surface area contributed by atoms with Gasteiger partial charge in [0.15, 0.2) is 0 Å². The maximum Gasteiger partial charge on any atom is 0.254 e. The van der Waals surface area contributed by atoms with Crippen molar-refractivity contribution in [2.24, 2.45) is 5.92 Å². The molecule has 140 valence electrons. The predicted molar refractivity (Wildman–Crippen MR) is 101 cm³/mol. The molecule has 5 nitrogen and oxygen atoms in total. The summed E-state index contributed by atoms with van der Waals surface area (Å²) in [5.74, 6) is 0.407. The molecule has 0 N–H and O–H groups in total. The molecule has 4 atom stereocenters. The van der Waals surface area contributed by atoms with Crippen molar-refractivity contribution in [3.8, 4) is 0 Å². The van der Waals surface area contributed by atoms with E-state index in [4.69, 9.17) is 11.6 Å². The van der Waals surface area contributed by atoms with Gasteiger partial charge in [-0.05, 0) is 58.0 Å². The Kier molecular flexibility index (Phi) is 4.70. The maximum absolute atomic E-state index is 13.0. The highest BCUT2D eigenvalue weighted by molar-refractivity contribution is 6.30. The summed E-state index contributed by atoms with van der Waals surface area (Å²) in [7, 11) is 2.09. The molecule has 0 saturated carbocycles. The number of amides is 2. The molecule has 3 fully saturated rings. The van der Waals surface area contributed by atoms with Gasteiger partial charge in [0.2, 0.25) is 5.91 Å². The van der Waals surface area contributed by atoms with Gasteiger partial charge in [-0.3, -0.25) is 9.59 Å². The van der Waals surface area contributed by atoms with Gasteiger partial charge in [0.25, 0.3) is 5.91 Å². The molecule has 4 rings (SSSR count). The first kappa shape index (κ1) is 17.8. The highest BCUT2D eigenvalue weighted by atomic mass is 35.5. The fraction of sp³-hybridized carbons (Fsp3) is 0.600. The molecule has 0 spiro atoms. The first-order valence-corrected chi connectivity index (χ1v) is 9.90. The summed E-state index contributed by atoms with van der Waals surface area (Å²) in [5, 5.41) is 0.580. The Labute approximate surface area is 159 Å². The second kappa shape index (κ2) is 6.86. The summed E-state index contributed by atoms with van der Waals surface area (Å²) in [6, 6.07) is 7.69. The van der Waals surface area contributed by atoms with E-state index >= 15 is 0 Å². The zero-order valence-electron chi connectivity index (χ0n) is 15.4. The van der Waals surface area contributed by atoms with Crippen LogP contribution in [0.3, 0.4) is 0 Å². The van der Waals surface area contributed by atoms with Crippen molar-refractivity contribution >= 4 is 23.4 Å². The van der Waals surface area contributed by atoms with E-state index in [2.05, 4.69) is 18.9 Å². The van der Waals surface area contributed by atoms with E-state index in [1.54, 1.807) is 12.1 Å². The molecular formula is C20H26ClN3O2. The Morgan fingerprint density at radius 2 is 1.81 bits per heavy atom. The van der Waals surface area contributed by atoms with Crippen molar-refractivity contribution in [2.75, 3.05) is 26.7 Å². The molecule has 3 aliphatic rings. The smallest absolute Gasteiger partial charge is 0.254 e. The van der Waals surface area contributed by atoms with Crippen LogP contribution in [0.15, 0.2) is 24.3 Å². The van der Waals surface area contributed by atoms with Gasteiger partial charge >= 0.3 is 0 Å². The van der Waals surface area contributed by atoms with Crippen molar-refractivity contribution in [3.63, 3.8) is 0 Å². The Balaban J connectivity index is 1.48. The van der Waals surface area contributed by atoms with Crippen LogP contribution >= 0.6 is 11.6 Å². The summed E-state index contributed by atoms with van der Waals surface area (Å²) in [4.78, 5) is 32.3. The lowest BCUT2D eigenvalue weighted by Crippen LogP contribution is -2.58. The Hall–Kier alpha value is -1.59. The summed E-state index contributed by atoms with van der Waals surface area (Å²) in [6.45, 7) is 4.45. The Bertz CT molecular complexity index is 711. The molecule has 2 bridgehead atoms. The second-order valence-corrected chi connectivity index (χ2v) is 8.40. The van der Waals surface area contributed by atoms with Crippen molar-refractivity contribution in [1.29, 1.82) is 0 Å². The predicted octanol–water partition coefficient (Wildman–Crippen LogP) is 2.50. The fourth-order valence-electron chi connectivity index (χ4n) is 4.84. The molecule has 0 radical (unpaired) electrons. The third kappa shape index (κ3) is 3.01. The van der Waals surface area contributed by atoms with Crippen molar-refractivity contribution in [1.82, 2.24) is 14.7 Å². The van der Waals surface area contributed by atoms with Crippen molar-refractivity contribution in [3.05, 3.63) is 34.9 Å². The monoisotopic (exact) mass is 375 g/mol. The molecule has 2 amide bonds. The number of hydrogen-bond donors (Lipinski definition) is 0. The topological polar surface area (TPSA) is 43.9 Å². The third-order valence-electron chi connectivity index (χ3n) is 6.49. The van der Waals surface area contributed by atoms with Gasteiger partial charge in [0.05, 0.1) is 18.0 Å². The average Bonchev–Trinajstić information content (AvgIpc) is 3.09. The van der Waals surface area contributed by atoms with Gasteiger partial charge in [-0.15, -0.1) is 0 Å². The van der Waals surface area contributed by atoms with Gasteiger partial charge in [0.1, 0.15) is 0 Å². The molecule has 0 unspecified atom stereocenters. The molecule has 26 heavy (non-hydrogen) atoms. The second-order valence-electron chi connectivity index (χ2n) is 7.97. The van der Waals surface area contributed by atoms with Crippen molar-refractivity contribution in [2.45, 2.75) is 44.3 Å². The van der Waals surface area contributed by atoms with E-state index in [-0.39, 0.29) is 29.8 Å².